The second kappa shape index (κ2) is 23.8. The minimum Gasteiger partial charge on any atom is -0.466 e. The van der Waals surface area contributed by atoms with E-state index >= 15 is 0 Å². The topological polar surface area (TPSA) is 104 Å². The van der Waals surface area contributed by atoms with Gasteiger partial charge in [-0.15, -0.1) is 0 Å². The normalized spacial score (nSPS) is 12.2. The molecule has 0 amide bonds. The molecule has 0 heterocycles. The number of rotatable bonds is 21. The van der Waals surface area contributed by atoms with E-state index in [0.29, 0.717) is 45.2 Å². The van der Waals surface area contributed by atoms with Crippen molar-refractivity contribution in [2.24, 2.45) is 0 Å². The van der Waals surface area contributed by atoms with Crippen LogP contribution in [0.4, 0.5) is 0 Å². The third-order valence-electron chi connectivity index (χ3n) is 4.90. The van der Waals surface area contributed by atoms with Crippen molar-refractivity contribution < 1.29 is 38.7 Å². The van der Waals surface area contributed by atoms with Gasteiger partial charge in [0.05, 0.1) is 46.8 Å². The molecule has 0 aliphatic rings. The number of carbonyl (C=O) groups is 1. The molecule has 1 atom stereocenters. The van der Waals surface area contributed by atoms with E-state index in [1.54, 1.807) is 0 Å². The van der Waals surface area contributed by atoms with Crippen LogP contribution in [-0.2, 0) is 23.7 Å². The van der Waals surface area contributed by atoms with Crippen molar-refractivity contribution in [3.05, 3.63) is 43.0 Å². The summed E-state index contributed by atoms with van der Waals surface area (Å²) in [7, 11) is 1.31. The van der Waals surface area contributed by atoms with Crippen LogP contribution in [0.15, 0.2) is 43.0 Å². The smallest absolute Gasteiger partial charge is 0.329 e. The zero-order chi connectivity index (χ0) is 26.0. The lowest BCUT2D eigenvalue weighted by molar-refractivity contribution is -0.185. The highest BCUT2D eigenvalue weighted by atomic mass is 16.7. The van der Waals surface area contributed by atoms with Gasteiger partial charge in [-0.2, -0.15) is 0 Å². The Kier molecular flexibility index (Phi) is 22.4. The van der Waals surface area contributed by atoms with Crippen molar-refractivity contribution in [2.45, 2.75) is 64.1 Å². The van der Waals surface area contributed by atoms with Gasteiger partial charge in [-0.05, 0) is 18.6 Å². The van der Waals surface area contributed by atoms with E-state index in [4.69, 9.17) is 24.1 Å². The number of methoxy groups -OCH3 is 1. The van der Waals surface area contributed by atoms with Gasteiger partial charge in [0.2, 0.25) is 5.79 Å². The molecular formula is C27H46O8. The summed E-state index contributed by atoms with van der Waals surface area (Å²) in [5.74, 6) is -1.09. The van der Waals surface area contributed by atoms with Crippen LogP contribution < -0.4 is 4.74 Å². The van der Waals surface area contributed by atoms with Crippen LogP contribution in [0, 0.1) is 0 Å². The molecule has 0 bridgehead atoms. The molecule has 1 aromatic carbocycles. The predicted octanol–water partition coefficient (Wildman–Crippen LogP) is 4.28. The van der Waals surface area contributed by atoms with Crippen molar-refractivity contribution in [3.63, 3.8) is 0 Å². The Labute approximate surface area is 211 Å². The maximum Gasteiger partial charge on any atom is 0.329 e. The average molecular weight is 499 g/mol. The number of benzene rings is 1. The third-order valence-corrected chi connectivity index (χ3v) is 4.90. The summed E-state index contributed by atoms with van der Waals surface area (Å²) in [6.07, 6.45) is 9.90. The number of aliphatic hydroxyl groups excluding tert-OH is 1. The summed E-state index contributed by atoms with van der Waals surface area (Å²) in [5, 5.41) is 19.6. The van der Waals surface area contributed by atoms with Gasteiger partial charge in [0.25, 0.3) is 0 Å². The first-order valence-corrected chi connectivity index (χ1v) is 12.5. The van der Waals surface area contributed by atoms with Crippen LogP contribution in [-0.4, -0.2) is 75.3 Å². The first-order valence-electron chi connectivity index (χ1n) is 12.5. The molecule has 202 valence electrons. The number of hydrogen-bond acceptors (Lipinski definition) is 8. The second-order valence-corrected chi connectivity index (χ2v) is 7.96. The number of unbranched alkanes of at least 4 members (excludes halogenated alkanes) is 6. The quantitative estimate of drug-likeness (QED) is 0.112. The third kappa shape index (κ3) is 21.1. The van der Waals surface area contributed by atoms with E-state index in [1.165, 1.54) is 39.2 Å². The van der Waals surface area contributed by atoms with Crippen molar-refractivity contribution in [1.29, 1.82) is 0 Å². The zero-order valence-electron chi connectivity index (χ0n) is 21.6. The van der Waals surface area contributed by atoms with E-state index < -0.39 is 11.8 Å². The summed E-state index contributed by atoms with van der Waals surface area (Å²) < 4.78 is 26.2. The molecule has 1 aromatic rings. The van der Waals surface area contributed by atoms with Gasteiger partial charge in [-0.3, -0.25) is 0 Å². The average Bonchev–Trinajstić information content (AvgIpc) is 2.87. The van der Waals surface area contributed by atoms with Crippen LogP contribution in [0.5, 0.6) is 5.75 Å². The van der Waals surface area contributed by atoms with E-state index in [-0.39, 0.29) is 13.2 Å². The van der Waals surface area contributed by atoms with Gasteiger partial charge in [0, 0.05) is 12.5 Å². The molecule has 35 heavy (non-hydrogen) atoms. The Morgan fingerprint density at radius 3 is 2.03 bits per heavy atom. The first-order chi connectivity index (χ1) is 17.0. The van der Waals surface area contributed by atoms with E-state index in [1.807, 2.05) is 30.3 Å². The Morgan fingerprint density at radius 1 is 0.914 bits per heavy atom. The Morgan fingerprint density at radius 2 is 1.49 bits per heavy atom. The predicted molar refractivity (Wildman–Crippen MR) is 136 cm³/mol. The summed E-state index contributed by atoms with van der Waals surface area (Å²) in [6, 6.07) is 9.37. The molecule has 0 spiro atoms. The maximum absolute atomic E-state index is 11.0. The monoisotopic (exact) mass is 498 g/mol. The van der Waals surface area contributed by atoms with Crippen molar-refractivity contribution >= 4 is 5.97 Å². The Bertz CT molecular complexity index is 610. The highest BCUT2D eigenvalue weighted by Crippen LogP contribution is 2.22. The highest BCUT2D eigenvalue weighted by molar-refractivity contribution is 5.80. The van der Waals surface area contributed by atoms with Gasteiger partial charge < -0.3 is 33.9 Å². The van der Waals surface area contributed by atoms with E-state index in [0.717, 1.165) is 18.9 Å². The second-order valence-electron chi connectivity index (χ2n) is 7.96. The van der Waals surface area contributed by atoms with Crippen molar-refractivity contribution in [2.75, 3.05) is 53.4 Å². The molecule has 0 aliphatic heterocycles. The molecule has 0 aromatic heterocycles. The number of hydrogen-bond donors (Lipinski definition) is 2. The standard InChI is InChI=1S/C23H40O6.C4H6O2/c1-2-3-4-5-6-7-11-14-23(25,29-22-12-9-8-10-13-22)21-28-20-19-27-18-17-26-16-15-24;1-3-4(5)6-2/h8-10,12-13,24-25H,2-7,11,14-21H2,1H3;3H,1H2,2H3. The first kappa shape index (κ1) is 33.0. The van der Waals surface area contributed by atoms with Crippen LogP contribution in [0.3, 0.4) is 0 Å². The highest BCUT2D eigenvalue weighted by Gasteiger charge is 2.29. The minimum absolute atomic E-state index is 0.0157. The van der Waals surface area contributed by atoms with Crippen LogP contribution in [0.1, 0.15) is 58.3 Å². The molecule has 0 fully saturated rings. The van der Waals surface area contributed by atoms with Gasteiger partial charge >= 0.3 is 5.97 Å². The number of aliphatic hydroxyl groups is 2. The Hall–Kier alpha value is -1.97. The fraction of sp³-hybridized carbons (Fsp3) is 0.667. The van der Waals surface area contributed by atoms with Gasteiger partial charge in [-0.25, -0.2) is 4.79 Å². The van der Waals surface area contributed by atoms with Crippen molar-refractivity contribution in [3.8, 4) is 5.75 Å². The summed E-state index contributed by atoms with van der Waals surface area (Å²) in [6.45, 7) is 7.50. The lowest BCUT2D eigenvalue weighted by atomic mass is 10.0. The fourth-order valence-electron chi connectivity index (χ4n) is 3.04. The maximum atomic E-state index is 11.0. The number of para-hydroxylation sites is 1. The number of esters is 1. The fourth-order valence-corrected chi connectivity index (χ4v) is 3.04. The SMILES string of the molecule is C=CC(=O)OC.CCCCCCCCCC(O)(COCCOCCOCCO)Oc1ccccc1. The van der Waals surface area contributed by atoms with Crippen LogP contribution >= 0.6 is 0 Å². The van der Waals surface area contributed by atoms with Gasteiger partial charge in [0.15, 0.2) is 0 Å². The van der Waals surface area contributed by atoms with Crippen molar-refractivity contribution in [1.82, 2.24) is 0 Å². The van der Waals surface area contributed by atoms with Crippen LogP contribution in [0.2, 0.25) is 0 Å². The lowest BCUT2D eigenvalue weighted by Gasteiger charge is -2.29. The summed E-state index contributed by atoms with van der Waals surface area (Å²) in [5.41, 5.74) is 0. The molecule has 8 nitrogen and oxygen atoms in total. The number of ether oxygens (including phenoxy) is 5. The molecular weight excluding hydrogens is 452 g/mol. The molecule has 0 saturated heterocycles. The molecule has 2 N–H and O–H groups in total. The van der Waals surface area contributed by atoms with Crippen LogP contribution in [0.25, 0.3) is 0 Å². The summed E-state index contributed by atoms with van der Waals surface area (Å²) in [4.78, 5) is 9.84. The Balaban J connectivity index is 0.00000170. The van der Waals surface area contributed by atoms with E-state index in [2.05, 4.69) is 18.2 Å². The molecule has 8 heteroatoms. The molecule has 0 aliphatic carbocycles. The zero-order valence-corrected chi connectivity index (χ0v) is 21.6. The summed E-state index contributed by atoms with van der Waals surface area (Å²) >= 11 is 0. The van der Waals surface area contributed by atoms with Gasteiger partial charge in [0.1, 0.15) is 12.4 Å². The number of carbonyl (C=O) groups excluding carboxylic acids is 1. The lowest BCUT2D eigenvalue weighted by Crippen LogP contribution is -2.41. The molecule has 1 rings (SSSR count). The molecule has 0 radical (unpaired) electrons. The largest absolute Gasteiger partial charge is 0.466 e. The molecule has 0 saturated carbocycles. The van der Waals surface area contributed by atoms with E-state index in [9.17, 15) is 9.90 Å². The van der Waals surface area contributed by atoms with Gasteiger partial charge in [-0.1, -0.05) is 70.2 Å². The molecule has 1 unspecified atom stereocenters. The minimum atomic E-state index is -1.34.